The van der Waals surface area contributed by atoms with Crippen LogP contribution < -0.4 is 16.2 Å². The summed E-state index contributed by atoms with van der Waals surface area (Å²) in [6.45, 7) is 0. The monoisotopic (exact) mass is 347 g/mol. The Balaban J connectivity index is 1.69. The molecule has 124 valence electrons. The number of hydrogen-bond acceptors (Lipinski definition) is 6. The summed E-state index contributed by atoms with van der Waals surface area (Å²) in [4.78, 5) is 30.9. The molecule has 2 atom stereocenters. The van der Waals surface area contributed by atoms with Gasteiger partial charge in [0.1, 0.15) is 0 Å². The average Bonchev–Trinajstić information content (AvgIpc) is 3.03. The van der Waals surface area contributed by atoms with Crippen LogP contribution in [0.4, 0.5) is 0 Å². The van der Waals surface area contributed by atoms with Gasteiger partial charge in [-0.15, -0.1) is 0 Å². The summed E-state index contributed by atoms with van der Waals surface area (Å²) in [5, 5.41) is 12.4. The number of carbonyl (C=O) groups excluding carboxylic acids is 1. The van der Waals surface area contributed by atoms with E-state index in [2.05, 4.69) is 26.1 Å². The summed E-state index contributed by atoms with van der Waals surface area (Å²) in [7, 11) is 0. The van der Waals surface area contributed by atoms with Gasteiger partial charge in [-0.2, -0.15) is 0 Å². The molecular weight excluding hydrogens is 334 g/mol. The van der Waals surface area contributed by atoms with E-state index >= 15 is 0 Å². The molecule has 1 aliphatic heterocycles. The zero-order chi connectivity index (χ0) is 17.1. The van der Waals surface area contributed by atoms with Gasteiger partial charge in [0.2, 0.25) is 0 Å². The molecular formula is C15H14ClN5O3. The number of rotatable bonds is 4. The van der Waals surface area contributed by atoms with E-state index in [0.717, 1.165) is 5.56 Å². The van der Waals surface area contributed by atoms with Crippen LogP contribution in [0.15, 0.2) is 36.7 Å². The lowest BCUT2D eigenvalue weighted by molar-refractivity contribution is 0.0682. The third-order valence-corrected chi connectivity index (χ3v) is 3.95. The van der Waals surface area contributed by atoms with E-state index in [1.807, 2.05) is 18.2 Å². The number of aromatic nitrogens is 2. The van der Waals surface area contributed by atoms with Crippen molar-refractivity contribution in [3.05, 3.63) is 58.6 Å². The number of benzene rings is 1. The molecule has 3 rings (SSSR count). The molecule has 1 aromatic heterocycles. The predicted molar refractivity (Wildman–Crippen MR) is 85.3 cm³/mol. The molecule has 0 bridgehead atoms. The summed E-state index contributed by atoms with van der Waals surface area (Å²) in [5.74, 6) is -1.92. The number of halogens is 1. The molecule has 0 aliphatic carbocycles. The van der Waals surface area contributed by atoms with Gasteiger partial charge >= 0.3 is 5.97 Å². The average molecular weight is 348 g/mol. The largest absolute Gasteiger partial charge is 0.476 e. The molecule has 1 aliphatic rings. The number of aromatic carboxylic acids is 1. The number of hydrazine groups is 1. The van der Waals surface area contributed by atoms with Gasteiger partial charge in [-0.05, 0) is 11.6 Å². The lowest BCUT2D eigenvalue weighted by Crippen LogP contribution is -2.44. The topological polar surface area (TPSA) is 116 Å². The molecule has 1 amide bonds. The Hall–Kier alpha value is -2.55. The Bertz CT molecular complexity index is 785. The van der Waals surface area contributed by atoms with Gasteiger partial charge in [0, 0.05) is 23.8 Å². The maximum atomic E-state index is 12.3. The maximum Gasteiger partial charge on any atom is 0.356 e. The first-order valence-corrected chi connectivity index (χ1v) is 7.54. The Kier molecular flexibility index (Phi) is 4.70. The van der Waals surface area contributed by atoms with E-state index in [1.54, 1.807) is 6.07 Å². The van der Waals surface area contributed by atoms with Crippen LogP contribution in [0.2, 0.25) is 5.02 Å². The Morgan fingerprint density at radius 1 is 1.17 bits per heavy atom. The highest BCUT2D eigenvalue weighted by Gasteiger charge is 2.29. The van der Waals surface area contributed by atoms with E-state index in [1.165, 1.54) is 12.4 Å². The van der Waals surface area contributed by atoms with Crippen LogP contribution in [0.25, 0.3) is 0 Å². The second kappa shape index (κ2) is 6.91. The van der Waals surface area contributed by atoms with E-state index < -0.39 is 18.0 Å². The first-order chi connectivity index (χ1) is 11.6. The quantitative estimate of drug-likeness (QED) is 0.655. The smallest absolute Gasteiger partial charge is 0.356 e. The molecule has 9 heteroatoms. The zero-order valence-corrected chi connectivity index (χ0v) is 13.1. The number of amides is 1. The number of carbonyl (C=O) groups is 2. The van der Waals surface area contributed by atoms with Crippen molar-refractivity contribution < 1.29 is 14.7 Å². The number of nitrogens with one attached hydrogen (secondary N) is 3. The number of carboxylic acid groups (broad SMARTS) is 1. The fourth-order valence-corrected chi connectivity index (χ4v) is 2.77. The first-order valence-electron chi connectivity index (χ1n) is 7.17. The molecule has 2 unspecified atom stereocenters. The Morgan fingerprint density at radius 2 is 1.88 bits per heavy atom. The van der Waals surface area contributed by atoms with Gasteiger partial charge < -0.3 is 10.4 Å². The predicted octanol–water partition coefficient (Wildman–Crippen LogP) is 1.12. The lowest BCUT2D eigenvalue weighted by Gasteiger charge is -2.13. The first kappa shape index (κ1) is 16.3. The summed E-state index contributed by atoms with van der Waals surface area (Å²) in [6.07, 6.45) is 2.64. The second-order valence-corrected chi connectivity index (χ2v) is 5.59. The molecule has 0 spiro atoms. The van der Waals surface area contributed by atoms with Crippen molar-refractivity contribution in [2.45, 2.75) is 18.6 Å². The van der Waals surface area contributed by atoms with Crippen LogP contribution in [-0.2, 0) is 0 Å². The van der Waals surface area contributed by atoms with Gasteiger partial charge in [0.05, 0.1) is 12.2 Å². The summed E-state index contributed by atoms with van der Waals surface area (Å²) >= 11 is 6.17. The summed E-state index contributed by atoms with van der Waals surface area (Å²) in [5.41, 5.74) is 6.30. The van der Waals surface area contributed by atoms with Crippen molar-refractivity contribution in [3.63, 3.8) is 0 Å². The van der Waals surface area contributed by atoms with E-state index in [0.29, 0.717) is 11.4 Å². The number of carboxylic acids is 1. The van der Waals surface area contributed by atoms with Crippen molar-refractivity contribution >= 4 is 23.5 Å². The van der Waals surface area contributed by atoms with Gasteiger partial charge in [-0.1, -0.05) is 29.8 Å². The molecule has 8 nitrogen and oxygen atoms in total. The normalized spacial score (nSPS) is 19.9. The third-order valence-electron chi connectivity index (χ3n) is 3.61. The molecule has 1 saturated heterocycles. The minimum Gasteiger partial charge on any atom is -0.476 e. The van der Waals surface area contributed by atoms with Gasteiger partial charge in [-0.25, -0.2) is 25.6 Å². The van der Waals surface area contributed by atoms with E-state index in [9.17, 15) is 9.59 Å². The molecule has 2 heterocycles. The molecule has 0 saturated carbocycles. The highest BCUT2D eigenvalue weighted by atomic mass is 35.5. The molecule has 24 heavy (non-hydrogen) atoms. The van der Waals surface area contributed by atoms with Gasteiger partial charge in [0.25, 0.3) is 5.91 Å². The van der Waals surface area contributed by atoms with E-state index in [-0.39, 0.29) is 17.4 Å². The fourth-order valence-electron chi connectivity index (χ4n) is 2.50. The number of hydrogen-bond donors (Lipinski definition) is 4. The second-order valence-electron chi connectivity index (χ2n) is 5.18. The van der Waals surface area contributed by atoms with Crippen molar-refractivity contribution in [2.24, 2.45) is 0 Å². The molecule has 4 N–H and O–H groups in total. The van der Waals surface area contributed by atoms with E-state index in [4.69, 9.17) is 16.7 Å². The Labute approximate surface area is 142 Å². The van der Waals surface area contributed by atoms with Crippen molar-refractivity contribution in [3.8, 4) is 0 Å². The minimum absolute atomic E-state index is 0.0789. The standard InChI is InChI=1S/C15H14ClN5O3/c16-9-4-2-1-3-8(9)10-7-11(21-20-10)19-14(22)12-13(15(23)24)18-6-5-17-12/h1-6,10-11,20-21H,7H2,(H,19,22)(H,23,24). The zero-order valence-electron chi connectivity index (χ0n) is 12.4. The highest BCUT2D eigenvalue weighted by Crippen LogP contribution is 2.27. The van der Waals surface area contributed by atoms with Gasteiger partial charge in [0.15, 0.2) is 11.4 Å². The molecule has 2 aromatic rings. The fraction of sp³-hybridized carbons (Fsp3) is 0.200. The van der Waals surface area contributed by atoms with Crippen molar-refractivity contribution in [1.82, 2.24) is 26.1 Å². The number of nitrogens with zero attached hydrogens (tertiary/aromatic N) is 2. The summed E-state index contributed by atoms with van der Waals surface area (Å²) < 4.78 is 0. The van der Waals surface area contributed by atoms with Crippen LogP contribution in [0, 0.1) is 0 Å². The molecule has 0 radical (unpaired) electrons. The van der Waals surface area contributed by atoms with Crippen LogP contribution in [-0.4, -0.2) is 33.1 Å². The van der Waals surface area contributed by atoms with Crippen LogP contribution in [0.1, 0.15) is 39.0 Å². The van der Waals surface area contributed by atoms with Crippen LogP contribution >= 0.6 is 11.6 Å². The van der Waals surface area contributed by atoms with Crippen molar-refractivity contribution in [1.29, 1.82) is 0 Å². The third kappa shape index (κ3) is 3.35. The van der Waals surface area contributed by atoms with Crippen molar-refractivity contribution in [2.75, 3.05) is 0 Å². The maximum absolute atomic E-state index is 12.3. The lowest BCUT2D eigenvalue weighted by atomic mass is 10.0. The minimum atomic E-state index is -1.31. The van der Waals surface area contributed by atoms with Crippen LogP contribution in [0.5, 0.6) is 0 Å². The Morgan fingerprint density at radius 3 is 2.58 bits per heavy atom. The molecule has 1 fully saturated rings. The van der Waals surface area contributed by atoms with Gasteiger partial charge in [-0.3, -0.25) is 4.79 Å². The molecule has 1 aromatic carbocycles. The SMILES string of the molecule is O=C(O)c1nccnc1C(=O)NC1CC(c2ccccc2Cl)NN1. The highest BCUT2D eigenvalue weighted by molar-refractivity contribution is 6.31. The summed E-state index contributed by atoms with van der Waals surface area (Å²) in [6, 6.07) is 7.34. The van der Waals surface area contributed by atoms with Crippen LogP contribution in [0.3, 0.4) is 0 Å².